The minimum atomic E-state index is 0.322. The van der Waals surface area contributed by atoms with Crippen molar-refractivity contribution < 1.29 is 5.11 Å². The molecule has 2 aromatic rings. The van der Waals surface area contributed by atoms with Gasteiger partial charge < -0.3 is 10.4 Å². The normalized spacial score (nSPS) is 22.4. The van der Waals surface area contributed by atoms with Gasteiger partial charge in [-0.25, -0.2) is 4.98 Å². The molecule has 4 heteroatoms. The van der Waals surface area contributed by atoms with Crippen LogP contribution < -0.4 is 5.32 Å². The molecule has 1 aliphatic carbocycles. The summed E-state index contributed by atoms with van der Waals surface area (Å²) in [5.41, 5.74) is 2.86. The van der Waals surface area contributed by atoms with Gasteiger partial charge in [0.05, 0.1) is 22.9 Å². The van der Waals surface area contributed by atoms with Gasteiger partial charge in [0.2, 0.25) is 0 Å². The number of nitrogens with one attached hydrogen (secondary N) is 1. The lowest BCUT2D eigenvalue weighted by Gasteiger charge is -2.17. The number of hydrogen-bond acceptors (Lipinski definition) is 4. The maximum absolute atomic E-state index is 9.32. The molecule has 1 aliphatic rings. The maximum atomic E-state index is 9.32. The van der Waals surface area contributed by atoms with E-state index in [4.69, 9.17) is 0 Å². The summed E-state index contributed by atoms with van der Waals surface area (Å²) < 4.78 is 0. The van der Waals surface area contributed by atoms with E-state index < -0.39 is 0 Å². The molecule has 4 nitrogen and oxygen atoms in total. The summed E-state index contributed by atoms with van der Waals surface area (Å²) in [6, 6.07) is 7.93. The van der Waals surface area contributed by atoms with Crippen molar-refractivity contribution in [3.63, 3.8) is 0 Å². The molecule has 0 saturated heterocycles. The van der Waals surface area contributed by atoms with Crippen LogP contribution in [-0.2, 0) is 6.54 Å². The summed E-state index contributed by atoms with van der Waals surface area (Å²) in [4.78, 5) is 9.02. The van der Waals surface area contributed by atoms with Gasteiger partial charge in [-0.05, 0) is 43.4 Å². The number of fused-ring (bicyclic) bond motifs is 1. The fourth-order valence-corrected chi connectivity index (χ4v) is 3.09. The second-order valence-electron chi connectivity index (χ2n) is 5.61. The Kier molecular flexibility index (Phi) is 4.23. The van der Waals surface area contributed by atoms with Gasteiger partial charge in [-0.2, -0.15) is 0 Å². The van der Waals surface area contributed by atoms with Gasteiger partial charge in [-0.3, -0.25) is 4.98 Å². The van der Waals surface area contributed by atoms with Crippen LogP contribution in [-0.4, -0.2) is 28.2 Å². The average molecular weight is 271 g/mol. The Morgan fingerprint density at radius 1 is 1.15 bits per heavy atom. The van der Waals surface area contributed by atoms with Crippen molar-refractivity contribution in [1.29, 1.82) is 0 Å². The Balaban J connectivity index is 1.57. The fourth-order valence-electron chi connectivity index (χ4n) is 3.09. The van der Waals surface area contributed by atoms with E-state index >= 15 is 0 Å². The first-order valence-electron chi connectivity index (χ1n) is 7.39. The molecule has 2 unspecified atom stereocenters. The molecule has 1 heterocycles. The van der Waals surface area contributed by atoms with Crippen molar-refractivity contribution in [3.05, 3.63) is 36.2 Å². The van der Waals surface area contributed by atoms with Gasteiger partial charge in [0.1, 0.15) is 0 Å². The van der Waals surface area contributed by atoms with Crippen molar-refractivity contribution in [2.75, 3.05) is 13.2 Å². The molecule has 20 heavy (non-hydrogen) atoms. The zero-order chi connectivity index (χ0) is 13.8. The average Bonchev–Trinajstić information content (AvgIpc) is 2.95. The highest BCUT2D eigenvalue weighted by Gasteiger charge is 2.25. The molecule has 0 aliphatic heterocycles. The zero-order valence-electron chi connectivity index (χ0n) is 11.6. The number of rotatable bonds is 5. The highest BCUT2D eigenvalue weighted by atomic mass is 16.3. The predicted molar refractivity (Wildman–Crippen MR) is 79.2 cm³/mol. The van der Waals surface area contributed by atoms with Crippen LogP contribution in [0.5, 0.6) is 0 Å². The van der Waals surface area contributed by atoms with Crippen LogP contribution in [0.25, 0.3) is 11.0 Å². The van der Waals surface area contributed by atoms with Crippen LogP contribution in [0.3, 0.4) is 0 Å². The maximum Gasteiger partial charge on any atom is 0.0890 e. The summed E-state index contributed by atoms with van der Waals surface area (Å²) >= 11 is 0. The molecule has 2 atom stereocenters. The van der Waals surface area contributed by atoms with Crippen molar-refractivity contribution in [2.24, 2.45) is 11.8 Å². The van der Waals surface area contributed by atoms with Gasteiger partial charge in [-0.15, -0.1) is 0 Å². The summed E-state index contributed by atoms with van der Waals surface area (Å²) in [6.45, 7) is 2.02. The standard InChI is InChI=1S/C16H21N3O/c20-11-13-5-3-4-12(13)8-17-9-14-10-18-15-6-1-2-7-16(15)19-14/h1-2,6-7,10,12-13,17,20H,3-5,8-9,11H2. The molecule has 1 aromatic carbocycles. The van der Waals surface area contributed by atoms with E-state index in [-0.39, 0.29) is 0 Å². The lowest BCUT2D eigenvalue weighted by molar-refractivity contribution is 0.192. The molecule has 1 fully saturated rings. The Hall–Kier alpha value is -1.52. The van der Waals surface area contributed by atoms with Crippen LogP contribution in [0.4, 0.5) is 0 Å². The van der Waals surface area contributed by atoms with Crippen molar-refractivity contribution in [2.45, 2.75) is 25.8 Å². The molecule has 0 amide bonds. The Labute approximate surface area is 119 Å². The molecule has 0 spiro atoms. The number of para-hydroxylation sites is 2. The van der Waals surface area contributed by atoms with E-state index in [0.717, 1.165) is 29.8 Å². The van der Waals surface area contributed by atoms with Gasteiger partial charge in [0.15, 0.2) is 0 Å². The Morgan fingerprint density at radius 2 is 1.95 bits per heavy atom. The molecular formula is C16H21N3O. The van der Waals surface area contributed by atoms with E-state index in [1.165, 1.54) is 19.3 Å². The largest absolute Gasteiger partial charge is 0.396 e. The number of nitrogens with zero attached hydrogens (tertiary/aromatic N) is 2. The Bertz CT molecular complexity index is 572. The molecule has 1 saturated carbocycles. The minimum absolute atomic E-state index is 0.322. The minimum Gasteiger partial charge on any atom is -0.396 e. The summed E-state index contributed by atoms with van der Waals surface area (Å²) in [5, 5.41) is 12.8. The number of aliphatic hydroxyl groups excluding tert-OH is 1. The van der Waals surface area contributed by atoms with E-state index in [2.05, 4.69) is 15.3 Å². The third kappa shape index (κ3) is 2.97. The highest BCUT2D eigenvalue weighted by Crippen LogP contribution is 2.30. The number of hydrogen-bond donors (Lipinski definition) is 2. The van der Waals surface area contributed by atoms with E-state index in [1.807, 2.05) is 30.5 Å². The second-order valence-corrected chi connectivity index (χ2v) is 5.61. The van der Waals surface area contributed by atoms with Crippen LogP contribution >= 0.6 is 0 Å². The highest BCUT2D eigenvalue weighted by molar-refractivity contribution is 5.73. The lowest BCUT2D eigenvalue weighted by atomic mass is 9.97. The van der Waals surface area contributed by atoms with E-state index in [0.29, 0.717) is 18.4 Å². The molecule has 0 bridgehead atoms. The fraction of sp³-hybridized carbons (Fsp3) is 0.500. The predicted octanol–water partition coefficient (Wildman–Crippen LogP) is 2.13. The summed E-state index contributed by atoms with van der Waals surface area (Å²) in [7, 11) is 0. The molecular weight excluding hydrogens is 250 g/mol. The van der Waals surface area contributed by atoms with E-state index in [9.17, 15) is 5.11 Å². The summed E-state index contributed by atoms with van der Waals surface area (Å²) in [6.07, 6.45) is 5.47. The van der Waals surface area contributed by atoms with Gasteiger partial charge in [-0.1, -0.05) is 18.6 Å². The van der Waals surface area contributed by atoms with Crippen LogP contribution in [0.2, 0.25) is 0 Å². The topological polar surface area (TPSA) is 58.0 Å². The third-order valence-corrected chi connectivity index (χ3v) is 4.26. The second kappa shape index (κ2) is 6.29. The molecule has 3 rings (SSSR count). The monoisotopic (exact) mass is 271 g/mol. The molecule has 106 valence electrons. The van der Waals surface area contributed by atoms with Crippen molar-refractivity contribution in [1.82, 2.24) is 15.3 Å². The first kappa shape index (κ1) is 13.5. The quantitative estimate of drug-likeness (QED) is 0.874. The van der Waals surface area contributed by atoms with Crippen molar-refractivity contribution in [3.8, 4) is 0 Å². The SMILES string of the molecule is OCC1CCCC1CNCc1cnc2ccccc2n1. The van der Waals surface area contributed by atoms with Crippen molar-refractivity contribution >= 4 is 11.0 Å². The van der Waals surface area contributed by atoms with Gasteiger partial charge >= 0.3 is 0 Å². The van der Waals surface area contributed by atoms with Crippen LogP contribution in [0.1, 0.15) is 25.0 Å². The number of aliphatic hydroxyl groups is 1. The van der Waals surface area contributed by atoms with Crippen LogP contribution in [0, 0.1) is 11.8 Å². The molecule has 0 radical (unpaired) electrons. The Morgan fingerprint density at radius 3 is 2.80 bits per heavy atom. The smallest absolute Gasteiger partial charge is 0.0890 e. The van der Waals surface area contributed by atoms with E-state index in [1.54, 1.807) is 0 Å². The van der Waals surface area contributed by atoms with Gasteiger partial charge in [0, 0.05) is 13.2 Å². The first-order chi connectivity index (χ1) is 9.86. The zero-order valence-corrected chi connectivity index (χ0v) is 11.6. The molecule has 2 N–H and O–H groups in total. The summed E-state index contributed by atoms with van der Waals surface area (Å²) in [5.74, 6) is 1.08. The molecule has 1 aromatic heterocycles. The number of benzene rings is 1. The van der Waals surface area contributed by atoms with Crippen LogP contribution in [0.15, 0.2) is 30.5 Å². The third-order valence-electron chi connectivity index (χ3n) is 4.26. The number of aromatic nitrogens is 2. The first-order valence-corrected chi connectivity index (χ1v) is 7.39. The lowest BCUT2D eigenvalue weighted by Crippen LogP contribution is -2.26. The van der Waals surface area contributed by atoms with Gasteiger partial charge in [0.25, 0.3) is 0 Å².